The first-order valence-corrected chi connectivity index (χ1v) is 10.3. The summed E-state index contributed by atoms with van der Waals surface area (Å²) < 4.78 is 15.1. The van der Waals surface area contributed by atoms with Crippen LogP contribution in [0.1, 0.15) is 43.7 Å². The molecule has 0 bridgehead atoms. The van der Waals surface area contributed by atoms with Crippen LogP contribution in [0.3, 0.4) is 0 Å². The van der Waals surface area contributed by atoms with Crippen LogP contribution in [0.5, 0.6) is 0 Å². The molecule has 2 atom stereocenters. The summed E-state index contributed by atoms with van der Waals surface area (Å²) in [6, 6.07) is 9.54. The van der Waals surface area contributed by atoms with Crippen molar-refractivity contribution < 1.29 is 24.5 Å². The van der Waals surface area contributed by atoms with Crippen LogP contribution < -0.4 is 0 Å². The first-order valence-electron chi connectivity index (χ1n) is 9.90. The third kappa shape index (κ3) is 5.31. The number of aliphatic hydroxyl groups excluding tert-OH is 2. The second kappa shape index (κ2) is 9.60. The highest BCUT2D eigenvalue weighted by Crippen LogP contribution is 2.34. The number of carbonyl (C=O) groups is 1. The van der Waals surface area contributed by atoms with E-state index in [0.29, 0.717) is 16.4 Å². The van der Waals surface area contributed by atoms with E-state index in [1.165, 1.54) is 18.2 Å². The van der Waals surface area contributed by atoms with Gasteiger partial charge in [0.25, 0.3) is 0 Å². The van der Waals surface area contributed by atoms with Gasteiger partial charge in [-0.05, 0) is 47.9 Å². The largest absolute Gasteiger partial charge is 0.481 e. The number of fused-ring (bicyclic) bond motifs is 1. The van der Waals surface area contributed by atoms with E-state index in [1.807, 2.05) is 19.9 Å². The van der Waals surface area contributed by atoms with Gasteiger partial charge in [-0.2, -0.15) is 5.10 Å². The summed E-state index contributed by atoms with van der Waals surface area (Å²) in [5.74, 6) is -1.43. The van der Waals surface area contributed by atoms with Crippen LogP contribution in [-0.4, -0.2) is 43.1 Å². The molecule has 0 aliphatic carbocycles. The molecule has 0 aliphatic rings. The van der Waals surface area contributed by atoms with Crippen molar-refractivity contribution >= 4 is 29.2 Å². The third-order valence-electron chi connectivity index (χ3n) is 4.93. The standard InChI is InChI=1S/C23H24ClFN2O4/c1-13(2)22-18(8-7-16(28)11-17(29)12-21(30)31)23(14-3-5-15(25)6-4-14)26-27-19(22)9-10-20(27)24/h3-10,13,16-17,28-29H,11-12H2,1-2H3,(H,30,31)/t16-,17-/m1/s1. The molecule has 3 aromatic rings. The normalized spacial score (nSPS) is 13.9. The Balaban J connectivity index is 2.11. The van der Waals surface area contributed by atoms with Crippen LogP contribution in [-0.2, 0) is 4.79 Å². The Kier molecular flexibility index (Phi) is 7.10. The predicted octanol–water partition coefficient (Wildman–Crippen LogP) is 4.52. The molecule has 0 amide bonds. The zero-order valence-corrected chi connectivity index (χ0v) is 17.9. The zero-order valence-electron chi connectivity index (χ0n) is 17.2. The molecule has 3 N–H and O–H groups in total. The molecule has 6 nitrogen and oxygen atoms in total. The molecule has 3 rings (SSSR count). The molecule has 0 saturated heterocycles. The second-order valence-corrected chi connectivity index (χ2v) is 8.09. The predicted molar refractivity (Wildman–Crippen MR) is 118 cm³/mol. The van der Waals surface area contributed by atoms with Gasteiger partial charge in [0.15, 0.2) is 0 Å². The van der Waals surface area contributed by atoms with Gasteiger partial charge in [0, 0.05) is 17.5 Å². The topological polar surface area (TPSA) is 95.1 Å². The van der Waals surface area contributed by atoms with Gasteiger partial charge in [-0.25, -0.2) is 8.91 Å². The molecule has 0 saturated carbocycles. The maximum absolute atomic E-state index is 13.5. The first kappa shape index (κ1) is 22.9. The molecular formula is C23H24ClFN2O4. The highest BCUT2D eigenvalue weighted by Gasteiger charge is 2.20. The fourth-order valence-electron chi connectivity index (χ4n) is 3.57. The number of aromatic nitrogens is 2. The second-order valence-electron chi connectivity index (χ2n) is 7.70. The lowest BCUT2D eigenvalue weighted by atomic mass is 9.93. The number of rotatable bonds is 8. The molecule has 8 heteroatoms. The molecule has 0 unspecified atom stereocenters. The number of halogens is 2. The monoisotopic (exact) mass is 446 g/mol. The zero-order chi connectivity index (χ0) is 22.7. The highest BCUT2D eigenvalue weighted by molar-refractivity contribution is 6.30. The van der Waals surface area contributed by atoms with Crippen molar-refractivity contribution in [2.24, 2.45) is 0 Å². The molecule has 164 valence electrons. The highest BCUT2D eigenvalue weighted by atomic mass is 35.5. The fourth-order valence-corrected chi connectivity index (χ4v) is 3.77. The Morgan fingerprint density at radius 2 is 1.87 bits per heavy atom. The molecular weight excluding hydrogens is 423 g/mol. The van der Waals surface area contributed by atoms with E-state index in [4.69, 9.17) is 16.7 Å². The van der Waals surface area contributed by atoms with E-state index in [1.54, 1.807) is 28.8 Å². The van der Waals surface area contributed by atoms with E-state index < -0.39 is 24.6 Å². The lowest BCUT2D eigenvalue weighted by Gasteiger charge is -2.18. The average molecular weight is 447 g/mol. The van der Waals surface area contributed by atoms with Gasteiger partial charge >= 0.3 is 5.97 Å². The van der Waals surface area contributed by atoms with Crippen molar-refractivity contribution in [2.75, 3.05) is 0 Å². The van der Waals surface area contributed by atoms with Crippen molar-refractivity contribution in [3.63, 3.8) is 0 Å². The van der Waals surface area contributed by atoms with E-state index in [0.717, 1.165) is 16.6 Å². The number of hydrogen-bond acceptors (Lipinski definition) is 4. The number of carboxylic acids is 1. The van der Waals surface area contributed by atoms with Gasteiger partial charge in [0.1, 0.15) is 11.0 Å². The van der Waals surface area contributed by atoms with Gasteiger partial charge in [-0.1, -0.05) is 37.6 Å². The minimum absolute atomic E-state index is 0.0741. The molecule has 31 heavy (non-hydrogen) atoms. The summed E-state index contributed by atoms with van der Waals surface area (Å²) in [4.78, 5) is 10.7. The minimum atomic E-state index is -1.16. The van der Waals surface area contributed by atoms with E-state index in [9.17, 15) is 19.4 Å². The molecule has 0 spiro atoms. The maximum atomic E-state index is 13.5. The van der Waals surface area contributed by atoms with Gasteiger partial charge in [0.05, 0.1) is 29.8 Å². The van der Waals surface area contributed by atoms with Gasteiger partial charge in [-0.15, -0.1) is 0 Å². The Labute approximate surface area is 184 Å². The molecule has 2 heterocycles. The van der Waals surface area contributed by atoms with E-state index in [2.05, 4.69) is 5.10 Å². The van der Waals surface area contributed by atoms with Crippen molar-refractivity contribution in [3.8, 4) is 11.3 Å². The third-order valence-corrected chi connectivity index (χ3v) is 5.22. The fraction of sp³-hybridized carbons (Fsp3) is 0.304. The smallest absolute Gasteiger partial charge is 0.305 e. The Morgan fingerprint density at radius 3 is 2.48 bits per heavy atom. The number of nitrogens with zero attached hydrogens (tertiary/aromatic N) is 2. The maximum Gasteiger partial charge on any atom is 0.305 e. The summed E-state index contributed by atoms with van der Waals surface area (Å²) in [6.45, 7) is 4.05. The van der Waals surface area contributed by atoms with E-state index >= 15 is 0 Å². The summed E-state index contributed by atoms with van der Waals surface area (Å²) in [5, 5.41) is 34.0. The van der Waals surface area contributed by atoms with Crippen molar-refractivity contribution in [1.29, 1.82) is 0 Å². The van der Waals surface area contributed by atoms with Crippen LogP contribution in [0.15, 0.2) is 42.5 Å². The van der Waals surface area contributed by atoms with Crippen LogP contribution in [0.4, 0.5) is 4.39 Å². The van der Waals surface area contributed by atoms with E-state index in [-0.39, 0.29) is 18.2 Å². The van der Waals surface area contributed by atoms with Gasteiger partial charge < -0.3 is 15.3 Å². The number of hydrogen-bond donors (Lipinski definition) is 3. The van der Waals surface area contributed by atoms with Crippen LogP contribution in [0, 0.1) is 5.82 Å². The van der Waals surface area contributed by atoms with Gasteiger partial charge in [0.2, 0.25) is 0 Å². The van der Waals surface area contributed by atoms with Crippen LogP contribution in [0.2, 0.25) is 5.15 Å². The summed E-state index contributed by atoms with van der Waals surface area (Å²) in [5.41, 5.74) is 3.72. The Morgan fingerprint density at radius 1 is 1.19 bits per heavy atom. The summed E-state index contributed by atoms with van der Waals surface area (Å²) in [7, 11) is 0. The SMILES string of the molecule is CC(C)c1c(C=C[C@@H](O)C[C@@H](O)CC(=O)O)c(-c2ccc(F)cc2)nn2c(Cl)ccc12. The molecule has 1 aromatic carbocycles. The lowest BCUT2D eigenvalue weighted by molar-refractivity contribution is -0.139. The first-order chi connectivity index (χ1) is 14.7. The molecule has 0 fully saturated rings. The lowest BCUT2D eigenvalue weighted by Crippen LogP contribution is -2.19. The van der Waals surface area contributed by atoms with Crippen molar-refractivity contribution in [2.45, 2.75) is 44.8 Å². The van der Waals surface area contributed by atoms with Crippen molar-refractivity contribution in [3.05, 3.63) is 64.6 Å². The molecule has 0 aliphatic heterocycles. The number of aliphatic carboxylic acids is 1. The number of carboxylic acid groups (broad SMARTS) is 1. The number of benzene rings is 1. The minimum Gasteiger partial charge on any atom is -0.481 e. The Bertz CT molecular complexity index is 1110. The summed E-state index contributed by atoms with van der Waals surface area (Å²) >= 11 is 6.32. The average Bonchev–Trinajstić information content (AvgIpc) is 3.05. The summed E-state index contributed by atoms with van der Waals surface area (Å²) in [6.07, 6.45) is 0.435. The van der Waals surface area contributed by atoms with Gasteiger partial charge in [-0.3, -0.25) is 4.79 Å². The van der Waals surface area contributed by atoms with Crippen LogP contribution >= 0.6 is 11.6 Å². The van der Waals surface area contributed by atoms with Crippen LogP contribution in [0.25, 0.3) is 22.9 Å². The Hall–Kier alpha value is -2.74. The quantitative estimate of drug-likeness (QED) is 0.473. The molecule has 0 radical (unpaired) electrons. The van der Waals surface area contributed by atoms with Crippen molar-refractivity contribution in [1.82, 2.24) is 9.61 Å². The molecule has 2 aromatic heterocycles. The number of aliphatic hydroxyl groups is 2.